The summed E-state index contributed by atoms with van der Waals surface area (Å²) in [7, 11) is -3.66. The third kappa shape index (κ3) is 4.96. The Bertz CT molecular complexity index is 846. The molecule has 0 spiro atoms. The molecule has 1 aromatic rings. The number of nitrogens with zero attached hydrogens (tertiary/aromatic N) is 1. The maximum atomic E-state index is 12.5. The maximum absolute atomic E-state index is 12.5. The fourth-order valence-corrected chi connectivity index (χ4v) is 4.90. The van der Waals surface area contributed by atoms with Crippen LogP contribution in [0.15, 0.2) is 29.2 Å². The molecule has 3 amide bonds. The van der Waals surface area contributed by atoms with Gasteiger partial charge in [-0.1, -0.05) is 18.9 Å². The van der Waals surface area contributed by atoms with Crippen LogP contribution in [0.5, 0.6) is 0 Å². The summed E-state index contributed by atoms with van der Waals surface area (Å²) in [6.07, 6.45) is 4.66. The second-order valence-corrected chi connectivity index (χ2v) is 8.89. The number of rotatable bonds is 8. The summed E-state index contributed by atoms with van der Waals surface area (Å²) in [6, 6.07) is 5.88. The molecular weight excluding hydrogens is 382 g/mol. The Morgan fingerprint density at radius 1 is 1.11 bits per heavy atom. The van der Waals surface area contributed by atoms with Gasteiger partial charge in [-0.15, -0.1) is 0 Å². The predicted octanol–water partition coefficient (Wildman–Crippen LogP) is 1.18. The molecular formula is C19H25N3O5S. The number of imide groups is 1. The molecule has 1 saturated heterocycles. The highest BCUT2D eigenvalue weighted by Gasteiger charge is 2.28. The SMILES string of the molecule is O=C(NCCCN1C(=O)CCC1=O)c1cccc(S(=O)(=O)NC2CCCC2)c1. The van der Waals surface area contributed by atoms with Crippen molar-refractivity contribution in [1.82, 2.24) is 14.9 Å². The molecule has 1 aromatic carbocycles. The Labute approximate surface area is 164 Å². The fourth-order valence-electron chi connectivity index (χ4n) is 3.55. The minimum Gasteiger partial charge on any atom is -0.352 e. The number of sulfonamides is 1. The molecule has 9 heteroatoms. The number of likely N-dealkylation sites (tertiary alicyclic amines) is 1. The Kier molecular flexibility index (Phi) is 6.46. The number of hydrogen-bond acceptors (Lipinski definition) is 5. The molecule has 2 fully saturated rings. The first-order valence-electron chi connectivity index (χ1n) is 9.60. The first-order valence-corrected chi connectivity index (χ1v) is 11.1. The Morgan fingerprint density at radius 2 is 1.79 bits per heavy atom. The highest BCUT2D eigenvalue weighted by molar-refractivity contribution is 7.89. The molecule has 1 aliphatic heterocycles. The molecule has 1 heterocycles. The van der Waals surface area contributed by atoms with Crippen LogP contribution in [-0.2, 0) is 19.6 Å². The minimum absolute atomic E-state index is 0.0431. The van der Waals surface area contributed by atoms with Crippen LogP contribution in [0.4, 0.5) is 0 Å². The van der Waals surface area contributed by atoms with Gasteiger partial charge in [0.15, 0.2) is 0 Å². The monoisotopic (exact) mass is 407 g/mol. The van der Waals surface area contributed by atoms with Gasteiger partial charge in [-0.05, 0) is 37.5 Å². The lowest BCUT2D eigenvalue weighted by Gasteiger charge is -2.14. The van der Waals surface area contributed by atoms with Crippen molar-refractivity contribution in [2.45, 2.75) is 55.9 Å². The van der Waals surface area contributed by atoms with Crippen molar-refractivity contribution in [3.05, 3.63) is 29.8 Å². The lowest BCUT2D eigenvalue weighted by atomic mass is 10.2. The van der Waals surface area contributed by atoms with Crippen molar-refractivity contribution < 1.29 is 22.8 Å². The lowest BCUT2D eigenvalue weighted by Crippen LogP contribution is -2.33. The second-order valence-electron chi connectivity index (χ2n) is 7.18. The third-order valence-electron chi connectivity index (χ3n) is 5.08. The van der Waals surface area contributed by atoms with Gasteiger partial charge in [0.2, 0.25) is 21.8 Å². The van der Waals surface area contributed by atoms with Crippen LogP contribution in [0.1, 0.15) is 55.3 Å². The first kappa shape index (κ1) is 20.5. The van der Waals surface area contributed by atoms with Gasteiger partial charge in [0.1, 0.15) is 0 Å². The van der Waals surface area contributed by atoms with E-state index in [1.165, 1.54) is 17.0 Å². The molecule has 2 aliphatic rings. The van der Waals surface area contributed by atoms with Gasteiger partial charge >= 0.3 is 0 Å². The van der Waals surface area contributed by atoms with E-state index in [4.69, 9.17) is 0 Å². The maximum Gasteiger partial charge on any atom is 0.251 e. The zero-order chi connectivity index (χ0) is 20.1. The van der Waals surface area contributed by atoms with E-state index in [1.807, 2.05) is 0 Å². The lowest BCUT2D eigenvalue weighted by molar-refractivity contribution is -0.138. The molecule has 3 rings (SSSR count). The van der Waals surface area contributed by atoms with Crippen LogP contribution >= 0.6 is 0 Å². The van der Waals surface area contributed by atoms with E-state index in [0.717, 1.165) is 25.7 Å². The molecule has 2 N–H and O–H groups in total. The molecule has 1 saturated carbocycles. The molecule has 0 bridgehead atoms. The van der Waals surface area contributed by atoms with Gasteiger partial charge in [-0.3, -0.25) is 19.3 Å². The number of nitrogens with one attached hydrogen (secondary N) is 2. The van der Waals surface area contributed by atoms with Crippen LogP contribution in [-0.4, -0.2) is 50.2 Å². The van der Waals surface area contributed by atoms with Gasteiger partial charge in [0.25, 0.3) is 5.91 Å². The summed E-state index contributed by atoms with van der Waals surface area (Å²) in [5.41, 5.74) is 0.252. The van der Waals surface area contributed by atoms with Gasteiger partial charge in [-0.25, -0.2) is 13.1 Å². The predicted molar refractivity (Wildman–Crippen MR) is 102 cm³/mol. The molecule has 1 aliphatic carbocycles. The highest BCUT2D eigenvalue weighted by atomic mass is 32.2. The summed E-state index contributed by atoms with van der Waals surface area (Å²) in [5, 5.41) is 2.70. The number of amides is 3. The highest BCUT2D eigenvalue weighted by Crippen LogP contribution is 2.21. The van der Waals surface area contributed by atoms with Crippen LogP contribution in [0.2, 0.25) is 0 Å². The number of hydrogen-bond donors (Lipinski definition) is 2. The van der Waals surface area contributed by atoms with Crippen molar-refractivity contribution in [1.29, 1.82) is 0 Å². The Hall–Kier alpha value is -2.26. The summed E-state index contributed by atoms with van der Waals surface area (Å²) < 4.78 is 27.7. The summed E-state index contributed by atoms with van der Waals surface area (Å²) in [4.78, 5) is 36.7. The molecule has 152 valence electrons. The van der Waals surface area contributed by atoms with Crippen molar-refractivity contribution in [3.63, 3.8) is 0 Å². The average Bonchev–Trinajstić information content (AvgIpc) is 3.29. The van der Waals surface area contributed by atoms with Crippen molar-refractivity contribution >= 4 is 27.7 Å². The van der Waals surface area contributed by atoms with E-state index in [-0.39, 0.29) is 54.2 Å². The molecule has 0 atom stereocenters. The number of carbonyl (C=O) groups is 3. The number of carbonyl (C=O) groups excluding carboxylic acids is 3. The van der Waals surface area contributed by atoms with E-state index in [9.17, 15) is 22.8 Å². The average molecular weight is 407 g/mol. The van der Waals surface area contributed by atoms with Crippen LogP contribution in [0, 0.1) is 0 Å². The quantitative estimate of drug-likeness (QED) is 0.496. The number of benzene rings is 1. The third-order valence-corrected chi connectivity index (χ3v) is 6.60. The van der Waals surface area contributed by atoms with Crippen LogP contribution in [0.3, 0.4) is 0 Å². The van der Waals surface area contributed by atoms with Gasteiger partial charge in [0.05, 0.1) is 4.90 Å². The zero-order valence-electron chi connectivity index (χ0n) is 15.6. The van der Waals surface area contributed by atoms with Gasteiger partial charge in [-0.2, -0.15) is 0 Å². The smallest absolute Gasteiger partial charge is 0.251 e. The van der Waals surface area contributed by atoms with Gasteiger partial charge < -0.3 is 5.32 Å². The minimum atomic E-state index is -3.66. The van der Waals surface area contributed by atoms with E-state index >= 15 is 0 Å². The topological polar surface area (TPSA) is 113 Å². The second kappa shape index (κ2) is 8.83. The molecule has 0 unspecified atom stereocenters. The zero-order valence-corrected chi connectivity index (χ0v) is 16.5. The molecule has 0 aromatic heterocycles. The summed E-state index contributed by atoms with van der Waals surface area (Å²) >= 11 is 0. The summed E-state index contributed by atoms with van der Waals surface area (Å²) in [6.45, 7) is 0.560. The standard InChI is InChI=1S/C19H25N3O5S/c23-17-9-10-18(24)22(17)12-4-11-20-19(25)14-5-3-8-16(13-14)28(26,27)21-15-6-1-2-7-15/h3,5,8,13,15,21H,1-2,4,6-7,9-12H2,(H,20,25). The van der Waals surface area contributed by atoms with Crippen molar-refractivity contribution in [2.24, 2.45) is 0 Å². The molecule has 8 nitrogen and oxygen atoms in total. The normalized spacial score (nSPS) is 18.1. The first-order chi connectivity index (χ1) is 13.4. The van der Waals surface area contributed by atoms with Gasteiger partial charge in [0, 0.05) is 37.5 Å². The van der Waals surface area contributed by atoms with E-state index in [2.05, 4.69) is 10.0 Å². The fraction of sp³-hybridized carbons (Fsp3) is 0.526. The van der Waals surface area contributed by atoms with Crippen molar-refractivity contribution in [3.8, 4) is 0 Å². The Morgan fingerprint density at radius 3 is 2.46 bits per heavy atom. The Balaban J connectivity index is 1.53. The van der Waals surface area contributed by atoms with Crippen molar-refractivity contribution in [2.75, 3.05) is 13.1 Å². The van der Waals surface area contributed by atoms with E-state index < -0.39 is 15.9 Å². The van der Waals surface area contributed by atoms with Crippen LogP contribution < -0.4 is 10.0 Å². The molecule has 0 radical (unpaired) electrons. The van der Waals surface area contributed by atoms with Crippen LogP contribution in [0.25, 0.3) is 0 Å². The largest absolute Gasteiger partial charge is 0.352 e. The van der Waals surface area contributed by atoms with E-state index in [1.54, 1.807) is 12.1 Å². The molecule has 28 heavy (non-hydrogen) atoms. The van der Waals surface area contributed by atoms with E-state index in [0.29, 0.717) is 6.42 Å². The summed E-state index contributed by atoms with van der Waals surface area (Å²) in [5.74, 6) is -0.745.